The third-order valence-corrected chi connectivity index (χ3v) is 5.42. The minimum atomic E-state index is -0.571. The molecular formula is C24H24FN3O2. The van der Waals surface area contributed by atoms with E-state index in [0.29, 0.717) is 17.5 Å². The van der Waals surface area contributed by atoms with Crippen molar-refractivity contribution in [2.75, 3.05) is 6.54 Å². The number of nitrogens with one attached hydrogen (secondary N) is 1. The van der Waals surface area contributed by atoms with E-state index in [1.165, 1.54) is 23.4 Å². The molecule has 1 aromatic heterocycles. The van der Waals surface area contributed by atoms with E-state index in [1.807, 2.05) is 18.2 Å². The number of nitrogens with zero attached hydrogens (tertiary/aromatic N) is 1. The Morgan fingerprint density at radius 3 is 2.93 bits per heavy atom. The molecule has 0 spiro atoms. The summed E-state index contributed by atoms with van der Waals surface area (Å²) in [5, 5.41) is 3.59. The summed E-state index contributed by atoms with van der Waals surface area (Å²) in [6.07, 6.45) is 6.73. The van der Waals surface area contributed by atoms with Gasteiger partial charge in [0.05, 0.1) is 0 Å². The van der Waals surface area contributed by atoms with E-state index >= 15 is 0 Å². The van der Waals surface area contributed by atoms with Crippen LogP contribution in [0.4, 0.5) is 4.39 Å². The van der Waals surface area contributed by atoms with Crippen LogP contribution >= 0.6 is 0 Å². The summed E-state index contributed by atoms with van der Waals surface area (Å²) >= 11 is 0. The van der Waals surface area contributed by atoms with Crippen LogP contribution in [0, 0.1) is 5.82 Å². The third kappa shape index (κ3) is 4.83. The molecule has 30 heavy (non-hydrogen) atoms. The first-order valence-corrected chi connectivity index (χ1v) is 10.1. The molecule has 5 nitrogen and oxygen atoms in total. The summed E-state index contributed by atoms with van der Waals surface area (Å²) in [7, 11) is 0. The maximum absolute atomic E-state index is 13.3. The van der Waals surface area contributed by atoms with Crippen LogP contribution in [0.25, 0.3) is 0 Å². The molecule has 1 aliphatic rings. The monoisotopic (exact) mass is 405 g/mol. The van der Waals surface area contributed by atoms with Gasteiger partial charge in [-0.1, -0.05) is 18.2 Å². The van der Waals surface area contributed by atoms with E-state index in [9.17, 15) is 9.18 Å². The Kier molecular flexibility index (Phi) is 6.05. The van der Waals surface area contributed by atoms with Crippen LogP contribution in [-0.4, -0.2) is 23.5 Å². The lowest BCUT2D eigenvalue weighted by molar-refractivity contribution is 0.0997. The van der Waals surface area contributed by atoms with Gasteiger partial charge in [0.1, 0.15) is 22.9 Å². The van der Waals surface area contributed by atoms with Gasteiger partial charge in [-0.15, -0.1) is 0 Å². The first-order valence-electron chi connectivity index (χ1n) is 10.1. The summed E-state index contributed by atoms with van der Waals surface area (Å²) in [6.45, 7) is 0.804. The number of primary amides is 1. The zero-order chi connectivity index (χ0) is 20.9. The standard InChI is InChI=1S/C24H24FN3O2/c25-19-3-1-2-16(12-19)8-11-28-20-6-4-17-5-7-21(14-18(17)13-20)30-23-9-10-27-15-22(23)24(26)29/h1-3,5,7,9-10,12,14-15,20,28H,4,6,8,11,13H2,(H2,26,29). The molecule has 0 fully saturated rings. The molecule has 0 radical (unpaired) electrons. The molecule has 0 bridgehead atoms. The molecule has 0 saturated heterocycles. The number of fused-ring (bicyclic) bond motifs is 1. The fourth-order valence-corrected chi connectivity index (χ4v) is 3.87. The second-order valence-electron chi connectivity index (χ2n) is 7.54. The van der Waals surface area contributed by atoms with Gasteiger partial charge < -0.3 is 15.8 Å². The SMILES string of the molecule is NC(=O)c1cnccc1Oc1ccc2c(c1)CC(NCCc1cccc(F)c1)CC2. The highest BCUT2D eigenvalue weighted by Crippen LogP contribution is 2.29. The van der Waals surface area contributed by atoms with Gasteiger partial charge >= 0.3 is 0 Å². The second-order valence-corrected chi connectivity index (χ2v) is 7.54. The molecule has 2 aromatic carbocycles. The van der Waals surface area contributed by atoms with E-state index in [4.69, 9.17) is 10.5 Å². The van der Waals surface area contributed by atoms with Crippen molar-refractivity contribution in [1.82, 2.24) is 10.3 Å². The van der Waals surface area contributed by atoms with Gasteiger partial charge in [-0.05, 0) is 79.3 Å². The van der Waals surface area contributed by atoms with Crippen LogP contribution in [0.15, 0.2) is 60.9 Å². The summed E-state index contributed by atoms with van der Waals surface area (Å²) < 4.78 is 19.2. The molecule has 0 aliphatic heterocycles. The zero-order valence-electron chi connectivity index (χ0n) is 16.6. The highest BCUT2D eigenvalue weighted by atomic mass is 19.1. The number of benzene rings is 2. The van der Waals surface area contributed by atoms with Crippen molar-refractivity contribution in [2.45, 2.75) is 31.7 Å². The topological polar surface area (TPSA) is 77.2 Å². The number of nitrogens with two attached hydrogens (primary N) is 1. The quantitative estimate of drug-likeness (QED) is 0.627. The smallest absolute Gasteiger partial charge is 0.254 e. The van der Waals surface area contributed by atoms with Crippen molar-refractivity contribution in [3.8, 4) is 11.5 Å². The van der Waals surface area contributed by atoms with Crippen LogP contribution in [0.2, 0.25) is 0 Å². The van der Waals surface area contributed by atoms with E-state index in [1.54, 1.807) is 24.4 Å². The number of carbonyl (C=O) groups excluding carboxylic acids is 1. The average Bonchev–Trinajstić information content (AvgIpc) is 2.74. The van der Waals surface area contributed by atoms with Crippen LogP contribution in [0.1, 0.15) is 33.5 Å². The minimum absolute atomic E-state index is 0.194. The van der Waals surface area contributed by atoms with Crippen molar-refractivity contribution in [2.24, 2.45) is 5.73 Å². The number of amides is 1. The van der Waals surface area contributed by atoms with Crippen LogP contribution < -0.4 is 15.8 Å². The number of aromatic nitrogens is 1. The molecule has 1 unspecified atom stereocenters. The van der Waals surface area contributed by atoms with E-state index in [2.05, 4.69) is 16.4 Å². The number of rotatable bonds is 7. The first kappa shape index (κ1) is 20.0. The number of hydrogen-bond acceptors (Lipinski definition) is 4. The molecule has 1 aliphatic carbocycles. The summed E-state index contributed by atoms with van der Waals surface area (Å²) in [5.41, 5.74) is 9.21. The molecule has 3 aromatic rings. The average molecular weight is 405 g/mol. The second kappa shape index (κ2) is 9.05. The van der Waals surface area contributed by atoms with Gasteiger partial charge in [-0.25, -0.2) is 4.39 Å². The van der Waals surface area contributed by atoms with Gasteiger partial charge in [0.25, 0.3) is 5.91 Å². The van der Waals surface area contributed by atoms with Gasteiger partial charge in [-0.3, -0.25) is 9.78 Å². The Labute approximate surface area is 175 Å². The molecule has 154 valence electrons. The predicted molar refractivity (Wildman–Crippen MR) is 113 cm³/mol. The lowest BCUT2D eigenvalue weighted by Crippen LogP contribution is -2.35. The fourth-order valence-electron chi connectivity index (χ4n) is 3.87. The number of ether oxygens (including phenoxy) is 1. The van der Waals surface area contributed by atoms with Crippen molar-refractivity contribution in [1.29, 1.82) is 0 Å². The first-order chi connectivity index (χ1) is 14.6. The Hall–Kier alpha value is -3.25. The summed E-state index contributed by atoms with van der Waals surface area (Å²) in [4.78, 5) is 15.5. The largest absolute Gasteiger partial charge is 0.456 e. The highest BCUT2D eigenvalue weighted by Gasteiger charge is 2.19. The maximum Gasteiger partial charge on any atom is 0.254 e. The number of carbonyl (C=O) groups is 1. The molecule has 1 amide bonds. The molecule has 1 atom stereocenters. The zero-order valence-corrected chi connectivity index (χ0v) is 16.6. The Morgan fingerprint density at radius 2 is 2.10 bits per heavy atom. The Bertz CT molecular complexity index is 1050. The van der Waals surface area contributed by atoms with E-state index in [-0.39, 0.29) is 11.4 Å². The molecule has 3 N–H and O–H groups in total. The van der Waals surface area contributed by atoms with E-state index < -0.39 is 5.91 Å². The van der Waals surface area contributed by atoms with Gasteiger partial charge in [0, 0.05) is 18.4 Å². The lowest BCUT2D eigenvalue weighted by Gasteiger charge is -2.26. The minimum Gasteiger partial charge on any atom is -0.456 e. The third-order valence-electron chi connectivity index (χ3n) is 5.42. The molecule has 6 heteroatoms. The lowest BCUT2D eigenvalue weighted by atomic mass is 9.88. The highest BCUT2D eigenvalue weighted by molar-refractivity contribution is 5.95. The summed E-state index contributed by atoms with van der Waals surface area (Å²) in [5.74, 6) is 0.305. The maximum atomic E-state index is 13.3. The molecule has 1 heterocycles. The molecule has 4 rings (SSSR count). The van der Waals surface area contributed by atoms with Crippen molar-refractivity contribution >= 4 is 5.91 Å². The number of pyridine rings is 1. The van der Waals surface area contributed by atoms with Gasteiger partial charge in [0.15, 0.2) is 0 Å². The molecular weight excluding hydrogens is 381 g/mol. The number of hydrogen-bond donors (Lipinski definition) is 2. The predicted octanol–water partition coefficient (Wildman–Crippen LogP) is 3.80. The Morgan fingerprint density at radius 1 is 1.20 bits per heavy atom. The van der Waals surface area contributed by atoms with Crippen LogP contribution in [0.3, 0.4) is 0 Å². The van der Waals surface area contributed by atoms with Crippen LogP contribution in [0.5, 0.6) is 11.5 Å². The molecule has 0 saturated carbocycles. The Balaban J connectivity index is 1.39. The van der Waals surface area contributed by atoms with Crippen LogP contribution in [-0.2, 0) is 19.3 Å². The van der Waals surface area contributed by atoms with Crippen molar-refractivity contribution in [3.63, 3.8) is 0 Å². The normalized spacial score (nSPS) is 15.4. The number of halogens is 1. The van der Waals surface area contributed by atoms with Gasteiger partial charge in [-0.2, -0.15) is 0 Å². The van der Waals surface area contributed by atoms with Crippen molar-refractivity contribution in [3.05, 3.63) is 89.0 Å². The summed E-state index contributed by atoms with van der Waals surface area (Å²) in [6, 6.07) is 14.8. The van der Waals surface area contributed by atoms with Gasteiger partial charge in [0.2, 0.25) is 0 Å². The van der Waals surface area contributed by atoms with Crippen molar-refractivity contribution < 1.29 is 13.9 Å². The van der Waals surface area contributed by atoms with E-state index in [0.717, 1.165) is 37.8 Å². The fraction of sp³-hybridized carbons (Fsp3) is 0.250. The number of aryl methyl sites for hydroxylation is 1.